The van der Waals surface area contributed by atoms with Crippen LogP contribution >= 0.6 is 0 Å². The van der Waals surface area contributed by atoms with Crippen molar-refractivity contribution in [2.45, 2.75) is 52.4 Å². The van der Waals surface area contributed by atoms with Crippen molar-refractivity contribution < 1.29 is 14.7 Å². The van der Waals surface area contributed by atoms with Gasteiger partial charge in [0.2, 0.25) is 0 Å². The molecule has 1 aliphatic rings. The van der Waals surface area contributed by atoms with E-state index in [1.807, 2.05) is 4.90 Å². The molecule has 126 valence electrons. The van der Waals surface area contributed by atoms with Gasteiger partial charge in [-0.25, -0.2) is 9.78 Å². The molecule has 5 nitrogen and oxygen atoms in total. The average molecular weight is 318 g/mol. The minimum Gasteiger partial charge on any atom is -0.478 e. The fourth-order valence-corrected chi connectivity index (χ4v) is 3.30. The van der Waals surface area contributed by atoms with E-state index in [2.05, 4.69) is 11.9 Å². The van der Waals surface area contributed by atoms with E-state index in [4.69, 9.17) is 5.11 Å². The zero-order valence-corrected chi connectivity index (χ0v) is 14.0. The number of aromatic nitrogens is 1. The van der Waals surface area contributed by atoms with Crippen molar-refractivity contribution in [1.82, 2.24) is 9.88 Å². The SMILES string of the molecule is CCCN(CC1CCCCC1)C(=O)c1ccc(C(=O)O)c(C)n1. The molecule has 1 aliphatic carbocycles. The van der Waals surface area contributed by atoms with Crippen molar-refractivity contribution in [2.75, 3.05) is 13.1 Å². The molecule has 1 aromatic heterocycles. The number of aromatic carboxylic acids is 1. The summed E-state index contributed by atoms with van der Waals surface area (Å²) in [5, 5.41) is 9.07. The minimum absolute atomic E-state index is 0.0857. The summed E-state index contributed by atoms with van der Waals surface area (Å²) < 4.78 is 0. The van der Waals surface area contributed by atoms with Gasteiger partial charge in [0, 0.05) is 13.1 Å². The van der Waals surface area contributed by atoms with E-state index in [0.29, 0.717) is 17.3 Å². The van der Waals surface area contributed by atoms with Gasteiger partial charge in [-0.15, -0.1) is 0 Å². The van der Waals surface area contributed by atoms with Crippen molar-refractivity contribution in [3.63, 3.8) is 0 Å². The van der Waals surface area contributed by atoms with Crippen LogP contribution in [0.15, 0.2) is 12.1 Å². The van der Waals surface area contributed by atoms with Gasteiger partial charge in [-0.3, -0.25) is 4.79 Å². The highest BCUT2D eigenvalue weighted by atomic mass is 16.4. The van der Waals surface area contributed by atoms with E-state index in [1.54, 1.807) is 6.92 Å². The lowest BCUT2D eigenvalue weighted by atomic mass is 9.89. The molecule has 0 bridgehead atoms. The zero-order valence-electron chi connectivity index (χ0n) is 14.0. The maximum Gasteiger partial charge on any atom is 0.337 e. The summed E-state index contributed by atoms with van der Waals surface area (Å²) in [4.78, 5) is 29.9. The van der Waals surface area contributed by atoms with Gasteiger partial charge in [0.05, 0.1) is 11.3 Å². The van der Waals surface area contributed by atoms with E-state index in [0.717, 1.165) is 19.5 Å². The van der Waals surface area contributed by atoms with Crippen molar-refractivity contribution in [2.24, 2.45) is 5.92 Å². The number of carboxylic acids is 1. The molecule has 1 amide bonds. The summed E-state index contributed by atoms with van der Waals surface area (Å²) in [5.41, 5.74) is 0.880. The average Bonchev–Trinajstić information content (AvgIpc) is 2.54. The summed E-state index contributed by atoms with van der Waals surface area (Å²) in [7, 11) is 0. The number of hydrogen-bond acceptors (Lipinski definition) is 3. The molecule has 0 unspecified atom stereocenters. The first-order chi connectivity index (χ1) is 11.0. The summed E-state index contributed by atoms with van der Waals surface area (Å²) in [6.07, 6.45) is 7.10. The first kappa shape index (κ1) is 17.4. The number of rotatable bonds is 6. The Hall–Kier alpha value is -1.91. The standard InChI is InChI=1S/C18H26N2O3/c1-3-11-20(12-14-7-5-4-6-8-14)17(21)16-10-9-15(18(22)23)13(2)19-16/h9-10,14H,3-8,11-12H2,1-2H3,(H,22,23). The second-order valence-electron chi connectivity index (χ2n) is 6.39. The Kier molecular flexibility index (Phi) is 6.13. The molecule has 2 rings (SSSR count). The van der Waals surface area contributed by atoms with E-state index < -0.39 is 5.97 Å². The van der Waals surface area contributed by atoms with Gasteiger partial charge in [-0.1, -0.05) is 26.2 Å². The van der Waals surface area contributed by atoms with Gasteiger partial charge in [-0.05, 0) is 44.2 Å². The van der Waals surface area contributed by atoms with Crippen LogP contribution in [0.3, 0.4) is 0 Å². The predicted molar refractivity (Wildman–Crippen MR) is 88.7 cm³/mol. The molecular formula is C18H26N2O3. The number of aryl methyl sites for hydroxylation is 1. The van der Waals surface area contributed by atoms with Crippen LogP contribution in [0.25, 0.3) is 0 Å². The molecule has 1 saturated carbocycles. The highest BCUT2D eigenvalue weighted by Gasteiger charge is 2.23. The Balaban J connectivity index is 2.13. The molecule has 1 heterocycles. The van der Waals surface area contributed by atoms with Crippen LogP contribution in [-0.4, -0.2) is 40.0 Å². The molecule has 23 heavy (non-hydrogen) atoms. The zero-order chi connectivity index (χ0) is 16.8. The van der Waals surface area contributed by atoms with Crippen molar-refractivity contribution in [3.8, 4) is 0 Å². The third-order valence-electron chi connectivity index (χ3n) is 4.52. The van der Waals surface area contributed by atoms with Gasteiger partial charge in [-0.2, -0.15) is 0 Å². The Morgan fingerprint density at radius 3 is 2.52 bits per heavy atom. The van der Waals surface area contributed by atoms with Gasteiger partial charge in [0.1, 0.15) is 5.69 Å². The summed E-state index contributed by atoms with van der Waals surface area (Å²) >= 11 is 0. The largest absolute Gasteiger partial charge is 0.478 e. The monoisotopic (exact) mass is 318 g/mol. The smallest absolute Gasteiger partial charge is 0.337 e. The van der Waals surface area contributed by atoms with Crippen LogP contribution in [0.2, 0.25) is 0 Å². The Bertz CT molecular complexity index is 565. The predicted octanol–water partition coefficient (Wildman–Crippen LogP) is 3.52. The molecule has 0 spiro atoms. The molecule has 0 aliphatic heterocycles. The Morgan fingerprint density at radius 1 is 1.26 bits per heavy atom. The molecule has 1 fully saturated rings. The number of carbonyl (C=O) groups is 2. The molecule has 0 radical (unpaired) electrons. The van der Waals surface area contributed by atoms with Crippen LogP contribution < -0.4 is 0 Å². The van der Waals surface area contributed by atoms with Crippen LogP contribution in [0.5, 0.6) is 0 Å². The first-order valence-corrected chi connectivity index (χ1v) is 8.53. The maximum atomic E-state index is 12.8. The van der Waals surface area contributed by atoms with Crippen LogP contribution in [0.1, 0.15) is 72.0 Å². The summed E-state index contributed by atoms with van der Waals surface area (Å²) in [6, 6.07) is 3.00. The molecule has 1 aromatic rings. The van der Waals surface area contributed by atoms with Crippen molar-refractivity contribution >= 4 is 11.9 Å². The quantitative estimate of drug-likeness (QED) is 0.871. The number of hydrogen-bond donors (Lipinski definition) is 1. The van der Waals surface area contributed by atoms with Gasteiger partial charge >= 0.3 is 5.97 Å². The molecule has 0 atom stereocenters. The van der Waals surface area contributed by atoms with Crippen molar-refractivity contribution in [1.29, 1.82) is 0 Å². The number of pyridine rings is 1. The molecule has 0 saturated heterocycles. The van der Waals surface area contributed by atoms with E-state index in [9.17, 15) is 9.59 Å². The number of carbonyl (C=O) groups excluding carboxylic acids is 1. The third-order valence-corrected chi connectivity index (χ3v) is 4.52. The Morgan fingerprint density at radius 2 is 1.96 bits per heavy atom. The normalized spacial score (nSPS) is 15.4. The highest BCUT2D eigenvalue weighted by Crippen LogP contribution is 2.25. The molecule has 5 heteroatoms. The minimum atomic E-state index is -1.01. The highest BCUT2D eigenvalue weighted by molar-refractivity contribution is 5.94. The van der Waals surface area contributed by atoms with E-state index >= 15 is 0 Å². The third kappa shape index (κ3) is 4.53. The van der Waals surface area contributed by atoms with Gasteiger partial charge in [0.25, 0.3) is 5.91 Å². The first-order valence-electron chi connectivity index (χ1n) is 8.53. The number of amides is 1. The maximum absolute atomic E-state index is 12.8. The fourth-order valence-electron chi connectivity index (χ4n) is 3.30. The number of carboxylic acid groups (broad SMARTS) is 1. The molecule has 1 N–H and O–H groups in total. The van der Waals surface area contributed by atoms with E-state index in [-0.39, 0.29) is 11.5 Å². The summed E-state index contributed by atoms with van der Waals surface area (Å²) in [6.45, 7) is 5.20. The topological polar surface area (TPSA) is 70.5 Å². The lowest BCUT2D eigenvalue weighted by molar-refractivity contribution is 0.0685. The van der Waals surface area contributed by atoms with Crippen LogP contribution in [-0.2, 0) is 0 Å². The van der Waals surface area contributed by atoms with Crippen LogP contribution in [0.4, 0.5) is 0 Å². The lowest BCUT2D eigenvalue weighted by Crippen LogP contribution is -2.37. The second kappa shape index (κ2) is 8.09. The lowest BCUT2D eigenvalue weighted by Gasteiger charge is -2.29. The Labute approximate surface area is 137 Å². The van der Waals surface area contributed by atoms with E-state index in [1.165, 1.54) is 44.2 Å². The second-order valence-corrected chi connectivity index (χ2v) is 6.39. The summed E-state index contributed by atoms with van der Waals surface area (Å²) in [5.74, 6) is -0.516. The number of nitrogens with zero attached hydrogens (tertiary/aromatic N) is 2. The van der Waals surface area contributed by atoms with Gasteiger partial charge in [0.15, 0.2) is 0 Å². The fraction of sp³-hybridized carbons (Fsp3) is 0.611. The van der Waals surface area contributed by atoms with Crippen LogP contribution in [0, 0.1) is 12.8 Å². The molecule has 0 aromatic carbocycles. The molecular weight excluding hydrogens is 292 g/mol. The van der Waals surface area contributed by atoms with Crippen molar-refractivity contribution in [3.05, 3.63) is 29.1 Å². The van der Waals surface area contributed by atoms with Gasteiger partial charge < -0.3 is 10.0 Å².